The highest BCUT2D eigenvalue weighted by atomic mass is 35.5. The summed E-state index contributed by atoms with van der Waals surface area (Å²) >= 11 is 6.06. The molecule has 2 aliphatic rings. The van der Waals surface area contributed by atoms with Gasteiger partial charge in [0.2, 0.25) is 0 Å². The number of rotatable bonds is 5. The van der Waals surface area contributed by atoms with E-state index in [2.05, 4.69) is 27.4 Å². The number of aromatic nitrogens is 2. The summed E-state index contributed by atoms with van der Waals surface area (Å²) in [6.45, 7) is 2.81. The Bertz CT molecular complexity index is 929. The van der Waals surface area contributed by atoms with E-state index < -0.39 is 5.91 Å². The molecule has 7 nitrogen and oxygen atoms in total. The first-order chi connectivity index (χ1) is 13.9. The molecule has 2 heterocycles. The maximum absolute atomic E-state index is 12.7. The fourth-order valence-corrected chi connectivity index (χ4v) is 4.12. The van der Waals surface area contributed by atoms with Crippen LogP contribution in [0.2, 0.25) is 5.15 Å². The van der Waals surface area contributed by atoms with Crippen LogP contribution in [-0.4, -0.2) is 40.4 Å². The van der Waals surface area contributed by atoms with Gasteiger partial charge in [-0.1, -0.05) is 23.7 Å². The highest BCUT2D eigenvalue weighted by molar-refractivity contribution is 6.32. The Morgan fingerprint density at radius 1 is 1.21 bits per heavy atom. The second-order valence-corrected chi connectivity index (χ2v) is 8.14. The molecular weight excluding hydrogens is 390 g/mol. The Morgan fingerprint density at radius 2 is 1.93 bits per heavy atom. The van der Waals surface area contributed by atoms with Gasteiger partial charge in [-0.25, -0.2) is 9.97 Å². The molecule has 3 N–H and O–H groups in total. The van der Waals surface area contributed by atoms with E-state index in [1.54, 1.807) is 0 Å². The number of carbonyl (C=O) groups is 2. The predicted octanol–water partition coefficient (Wildman–Crippen LogP) is 2.89. The third-order valence-electron chi connectivity index (χ3n) is 5.77. The van der Waals surface area contributed by atoms with Gasteiger partial charge in [0.25, 0.3) is 11.8 Å². The smallest absolute Gasteiger partial charge is 0.270 e. The number of nitrogens with zero attached hydrogens (tertiary/aromatic N) is 3. The van der Waals surface area contributed by atoms with Crippen molar-refractivity contribution in [1.29, 1.82) is 0 Å². The molecule has 1 saturated carbocycles. The Hall–Kier alpha value is -2.67. The number of primary amides is 1. The zero-order chi connectivity index (χ0) is 20.5. The van der Waals surface area contributed by atoms with Crippen LogP contribution in [0.3, 0.4) is 0 Å². The largest absolute Gasteiger partial charge is 0.364 e. The summed E-state index contributed by atoms with van der Waals surface area (Å²) in [7, 11) is 0. The Morgan fingerprint density at radius 3 is 2.55 bits per heavy atom. The summed E-state index contributed by atoms with van der Waals surface area (Å²) in [5, 5.41) is 3.15. The molecule has 152 valence electrons. The summed E-state index contributed by atoms with van der Waals surface area (Å²) in [4.78, 5) is 34.4. The number of anilines is 1. The lowest BCUT2D eigenvalue weighted by Crippen LogP contribution is -2.54. The fraction of sp³-hybridized carbons (Fsp3) is 0.429. The first-order valence-electron chi connectivity index (χ1n) is 9.94. The monoisotopic (exact) mass is 413 g/mol. The van der Waals surface area contributed by atoms with Crippen molar-refractivity contribution in [3.63, 3.8) is 0 Å². The standard InChI is InChI=1S/C21H24ClN5O2/c1-12-16(25-21(29)15-8-6-14(7-9-15)13-4-5-13)3-2-10-27(12)17-11-24-18(20(23)28)19(22)26-17/h6-9,11-13,16H,2-5,10H2,1H3,(H2,23,28)(H,25,29)/t12-,16-/m1/s1. The first kappa shape index (κ1) is 19.6. The molecule has 29 heavy (non-hydrogen) atoms. The summed E-state index contributed by atoms with van der Waals surface area (Å²) in [5.41, 5.74) is 7.19. The fourth-order valence-electron chi connectivity index (χ4n) is 3.90. The van der Waals surface area contributed by atoms with Crippen LogP contribution in [0.25, 0.3) is 0 Å². The average molecular weight is 414 g/mol. The molecule has 4 rings (SSSR count). The maximum Gasteiger partial charge on any atom is 0.270 e. The van der Waals surface area contributed by atoms with E-state index in [0.717, 1.165) is 19.4 Å². The summed E-state index contributed by atoms with van der Waals surface area (Å²) in [6.07, 6.45) is 5.77. The van der Waals surface area contributed by atoms with E-state index in [0.29, 0.717) is 17.3 Å². The van der Waals surface area contributed by atoms with Crippen LogP contribution in [0.5, 0.6) is 0 Å². The van der Waals surface area contributed by atoms with Crippen molar-refractivity contribution in [2.45, 2.75) is 50.6 Å². The minimum absolute atomic E-state index is 0.00299. The van der Waals surface area contributed by atoms with E-state index in [1.807, 2.05) is 24.0 Å². The maximum atomic E-state index is 12.7. The summed E-state index contributed by atoms with van der Waals surface area (Å²) in [6, 6.07) is 7.89. The SMILES string of the molecule is C[C@@H]1[C@H](NC(=O)c2ccc(C3CC3)cc2)CCCN1c1cnc(C(N)=O)c(Cl)n1. The number of nitrogens with one attached hydrogen (secondary N) is 1. The Balaban J connectivity index is 1.45. The van der Waals surface area contributed by atoms with Gasteiger partial charge in [-0.15, -0.1) is 0 Å². The second kappa shape index (κ2) is 7.99. The van der Waals surface area contributed by atoms with E-state index in [-0.39, 0.29) is 28.8 Å². The van der Waals surface area contributed by atoms with Gasteiger partial charge >= 0.3 is 0 Å². The Labute approximate surface area is 174 Å². The number of amides is 2. The van der Waals surface area contributed by atoms with Crippen molar-refractivity contribution in [3.8, 4) is 0 Å². The van der Waals surface area contributed by atoms with Crippen LogP contribution in [0.1, 0.15) is 64.9 Å². The molecule has 0 radical (unpaired) electrons. The molecular formula is C21H24ClN5O2. The topological polar surface area (TPSA) is 101 Å². The molecule has 0 spiro atoms. The molecule has 8 heteroatoms. The molecule has 0 bridgehead atoms. The lowest BCUT2D eigenvalue weighted by atomic mass is 9.97. The summed E-state index contributed by atoms with van der Waals surface area (Å²) in [5.74, 6) is 0.464. The number of halogens is 1. The molecule has 2 atom stereocenters. The van der Waals surface area contributed by atoms with Gasteiger partial charge in [0.15, 0.2) is 10.8 Å². The quantitative estimate of drug-likeness (QED) is 0.784. The van der Waals surface area contributed by atoms with Gasteiger partial charge in [-0.2, -0.15) is 0 Å². The molecule has 1 aliphatic heterocycles. The highest BCUT2D eigenvalue weighted by Crippen LogP contribution is 2.39. The lowest BCUT2D eigenvalue weighted by molar-refractivity contribution is 0.0923. The van der Waals surface area contributed by atoms with Gasteiger partial charge in [0.05, 0.1) is 6.20 Å². The van der Waals surface area contributed by atoms with Crippen molar-refractivity contribution in [3.05, 3.63) is 52.4 Å². The van der Waals surface area contributed by atoms with Crippen LogP contribution in [-0.2, 0) is 0 Å². The molecule has 2 amide bonds. The van der Waals surface area contributed by atoms with Gasteiger partial charge in [0, 0.05) is 24.2 Å². The minimum Gasteiger partial charge on any atom is -0.364 e. The number of benzene rings is 1. The molecule has 1 aliphatic carbocycles. The van der Waals surface area contributed by atoms with Gasteiger partial charge < -0.3 is 16.0 Å². The zero-order valence-electron chi connectivity index (χ0n) is 16.3. The molecule has 1 aromatic heterocycles. The average Bonchev–Trinajstić information content (AvgIpc) is 3.54. The molecule has 2 aromatic rings. The molecule has 1 aromatic carbocycles. The van der Waals surface area contributed by atoms with Crippen molar-refractivity contribution < 1.29 is 9.59 Å². The van der Waals surface area contributed by atoms with Crippen molar-refractivity contribution in [1.82, 2.24) is 15.3 Å². The number of hydrogen-bond donors (Lipinski definition) is 2. The van der Waals surface area contributed by atoms with E-state index >= 15 is 0 Å². The van der Waals surface area contributed by atoms with E-state index in [4.69, 9.17) is 17.3 Å². The van der Waals surface area contributed by atoms with Gasteiger partial charge in [0.1, 0.15) is 5.82 Å². The minimum atomic E-state index is -0.710. The van der Waals surface area contributed by atoms with Crippen LogP contribution in [0, 0.1) is 0 Å². The normalized spacial score (nSPS) is 21.7. The van der Waals surface area contributed by atoms with Crippen molar-refractivity contribution >= 4 is 29.2 Å². The lowest BCUT2D eigenvalue weighted by Gasteiger charge is -2.40. The van der Waals surface area contributed by atoms with Crippen LogP contribution in [0.4, 0.5) is 5.82 Å². The number of nitrogens with two attached hydrogens (primary N) is 1. The van der Waals surface area contributed by atoms with Crippen molar-refractivity contribution in [2.24, 2.45) is 5.73 Å². The van der Waals surface area contributed by atoms with Gasteiger partial charge in [-0.05, 0) is 56.2 Å². The van der Waals surface area contributed by atoms with E-state index in [1.165, 1.54) is 24.6 Å². The van der Waals surface area contributed by atoms with Crippen molar-refractivity contribution in [2.75, 3.05) is 11.4 Å². The third kappa shape index (κ3) is 4.19. The zero-order valence-corrected chi connectivity index (χ0v) is 17.0. The number of piperidine rings is 1. The molecule has 2 fully saturated rings. The Kier molecular flexibility index (Phi) is 5.41. The van der Waals surface area contributed by atoms with Crippen LogP contribution < -0.4 is 16.0 Å². The summed E-state index contributed by atoms with van der Waals surface area (Å²) < 4.78 is 0. The highest BCUT2D eigenvalue weighted by Gasteiger charge is 2.31. The number of hydrogen-bond acceptors (Lipinski definition) is 5. The number of carbonyl (C=O) groups excluding carboxylic acids is 2. The molecule has 1 saturated heterocycles. The van der Waals surface area contributed by atoms with Gasteiger partial charge in [-0.3, -0.25) is 9.59 Å². The predicted molar refractivity (Wildman–Crippen MR) is 111 cm³/mol. The third-order valence-corrected chi connectivity index (χ3v) is 6.03. The van der Waals surface area contributed by atoms with E-state index in [9.17, 15) is 9.59 Å². The molecule has 0 unspecified atom stereocenters. The van der Waals surface area contributed by atoms with Crippen LogP contribution >= 0.6 is 11.6 Å². The second-order valence-electron chi connectivity index (χ2n) is 7.78. The first-order valence-corrected chi connectivity index (χ1v) is 10.3. The van der Waals surface area contributed by atoms with Crippen LogP contribution in [0.15, 0.2) is 30.5 Å².